The van der Waals surface area contributed by atoms with Gasteiger partial charge in [0.1, 0.15) is 5.76 Å². The average molecular weight is 352 g/mol. The minimum absolute atomic E-state index is 0.617. The summed E-state index contributed by atoms with van der Waals surface area (Å²) in [4.78, 5) is 0. The Morgan fingerprint density at radius 3 is 2.91 bits per heavy atom. The van der Waals surface area contributed by atoms with Gasteiger partial charge in [-0.3, -0.25) is 0 Å². The van der Waals surface area contributed by atoms with Gasteiger partial charge in [-0.1, -0.05) is 52.9 Å². The molecule has 0 saturated carbocycles. The highest BCUT2D eigenvalue weighted by Gasteiger charge is 2.06. The fraction of sp³-hybridized carbons (Fsp3) is 0.200. The molecule has 0 aliphatic carbocycles. The molecule has 0 bridgehead atoms. The predicted octanol–water partition coefficient (Wildman–Crippen LogP) is 4.73. The van der Waals surface area contributed by atoms with Crippen LogP contribution >= 0.6 is 34.7 Å². The van der Waals surface area contributed by atoms with Crippen LogP contribution in [0.4, 0.5) is 5.13 Å². The second-order valence-corrected chi connectivity index (χ2v) is 7.22. The van der Waals surface area contributed by atoms with Crippen LogP contribution in [-0.4, -0.2) is 16.0 Å². The van der Waals surface area contributed by atoms with Crippen LogP contribution in [0.2, 0.25) is 5.02 Å². The molecule has 0 unspecified atom stereocenters. The minimum Gasteiger partial charge on any atom is -0.467 e. The Bertz CT molecular complexity index is 715. The number of rotatable bonds is 7. The van der Waals surface area contributed by atoms with Gasteiger partial charge in [-0.25, -0.2) is 0 Å². The number of nitrogens with one attached hydrogen (secondary N) is 1. The number of nitrogens with zero attached hydrogens (tertiary/aromatic N) is 2. The van der Waals surface area contributed by atoms with E-state index in [9.17, 15) is 0 Å². The van der Waals surface area contributed by atoms with Crippen molar-refractivity contribution in [2.75, 3.05) is 11.1 Å². The lowest BCUT2D eigenvalue weighted by molar-refractivity contribution is 0.518. The number of aromatic nitrogens is 2. The molecule has 3 rings (SSSR count). The van der Waals surface area contributed by atoms with E-state index >= 15 is 0 Å². The van der Waals surface area contributed by atoms with Crippen LogP contribution < -0.4 is 5.32 Å². The molecule has 0 radical (unpaired) electrons. The van der Waals surface area contributed by atoms with Crippen LogP contribution in [-0.2, 0) is 13.0 Å². The first-order valence-electron chi connectivity index (χ1n) is 6.77. The summed E-state index contributed by atoms with van der Waals surface area (Å²) in [5.74, 6) is 1.81. The number of thioether (sulfide) groups is 1. The van der Waals surface area contributed by atoms with Crippen molar-refractivity contribution in [1.29, 1.82) is 0 Å². The van der Waals surface area contributed by atoms with Crippen molar-refractivity contribution in [3.63, 3.8) is 0 Å². The van der Waals surface area contributed by atoms with Crippen LogP contribution in [0.15, 0.2) is 51.4 Å². The molecule has 3 aromatic rings. The standard InChI is InChI=1S/C15H14ClN3OS2/c16-13-6-2-1-4-11(13)7-9-21-15-19-18-14(22-15)17-10-12-5-3-8-20-12/h1-6,8H,7,9-10H2,(H,17,18). The molecule has 4 nitrogen and oxygen atoms in total. The molecule has 114 valence electrons. The quantitative estimate of drug-likeness (QED) is 0.623. The molecule has 2 heterocycles. The number of benzene rings is 1. The van der Waals surface area contributed by atoms with E-state index in [0.717, 1.165) is 38.0 Å². The van der Waals surface area contributed by atoms with E-state index < -0.39 is 0 Å². The Kier molecular flexibility index (Phi) is 5.37. The van der Waals surface area contributed by atoms with Gasteiger partial charge < -0.3 is 9.73 Å². The maximum Gasteiger partial charge on any atom is 0.206 e. The van der Waals surface area contributed by atoms with Crippen LogP contribution in [0.5, 0.6) is 0 Å². The first-order valence-corrected chi connectivity index (χ1v) is 8.95. The van der Waals surface area contributed by atoms with Gasteiger partial charge >= 0.3 is 0 Å². The number of furan rings is 1. The number of halogens is 1. The van der Waals surface area contributed by atoms with Crippen LogP contribution in [0.25, 0.3) is 0 Å². The molecule has 0 saturated heterocycles. The summed E-state index contributed by atoms with van der Waals surface area (Å²) in [7, 11) is 0. The van der Waals surface area contributed by atoms with E-state index in [1.165, 1.54) is 0 Å². The first-order chi connectivity index (χ1) is 10.8. The lowest BCUT2D eigenvalue weighted by atomic mass is 10.2. The summed E-state index contributed by atoms with van der Waals surface area (Å²) < 4.78 is 6.22. The van der Waals surface area contributed by atoms with Crippen molar-refractivity contribution < 1.29 is 4.42 Å². The molecule has 0 amide bonds. The smallest absolute Gasteiger partial charge is 0.206 e. The van der Waals surface area contributed by atoms with Gasteiger partial charge in [0, 0.05) is 10.8 Å². The third kappa shape index (κ3) is 4.25. The third-order valence-electron chi connectivity index (χ3n) is 2.96. The summed E-state index contributed by atoms with van der Waals surface area (Å²) >= 11 is 9.39. The number of hydrogen-bond donors (Lipinski definition) is 1. The molecule has 1 aromatic carbocycles. The largest absolute Gasteiger partial charge is 0.467 e. The van der Waals surface area contributed by atoms with E-state index in [4.69, 9.17) is 16.0 Å². The first kappa shape index (κ1) is 15.4. The van der Waals surface area contributed by atoms with Crippen molar-refractivity contribution in [3.05, 3.63) is 59.0 Å². The van der Waals surface area contributed by atoms with E-state index in [0.29, 0.717) is 6.54 Å². The van der Waals surface area contributed by atoms with E-state index in [1.807, 2.05) is 30.3 Å². The number of aryl methyl sites for hydroxylation is 1. The zero-order chi connectivity index (χ0) is 15.2. The SMILES string of the molecule is Clc1ccccc1CCSc1nnc(NCc2ccco2)s1. The molecular weight excluding hydrogens is 338 g/mol. The lowest BCUT2D eigenvalue weighted by Crippen LogP contribution is -1.96. The summed E-state index contributed by atoms with van der Waals surface area (Å²) in [5.41, 5.74) is 1.16. The molecule has 0 aliphatic rings. The molecule has 2 aromatic heterocycles. The Hall–Kier alpha value is -1.50. The highest BCUT2D eigenvalue weighted by atomic mass is 35.5. The fourth-order valence-electron chi connectivity index (χ4n) is 1.86. The number of hydrogen-bond acceptors (Lipinski definition) is 6. The van der Waals surface area contributed by atoms with E-state index in [1.54, 1.807) is 29.4 Å². The molecule has 22 heavy (non-hydrogen) atoms. The van der Waals surface area contributed by atoms with Crippen molar-refractivity contribution in [2.45, 2.75) is 17.3 Å². The van der Waals surface area contributed by atoms with Crippen LogP contribution in [0.3, 0.4) is 0 Å². The third-order valence-corrected chi connectivity index (χ3v) is 5.34. The maximum atomic E-state index is 6.15. The topological polar surface area (TPSA) is 51.0 Å². The van der Waals surface area contributed by atoms with Crippen molar-refractivity contribution in [1.82, 2.24) is 10.2 Å². The second-order valence-electron chi connectivity index (χ2n) is 4.50. The summed E-state index contributed by atoms with van der Waals surface area (Å²) in [6.45, 7) is 0.617. The minimum atomic E-state index is 0.617. The monoisotopic (exact) mass is 351 g/mol. The molecule has 0 atom stereocenters. The summed E-state index contributed by atoms with van der Waals surface area (Å²) in [6, 6.07) is 11.7. The van der Waals surface area contributed by atoms with Gasteiger partial charge in [0.05, 0.1) is 12.8 Å². The Labute approximate surface area is 141 Å². The normalized spacial score (nSPS) is 10.8. The van der Waals surface area contributed by atoms with Gasteiger partial charge in [0.25, 0.3) is 0 Å². The van der Waals surface area contributed by atoms with Gasteiger partial charge in [-0.05, 0) is 30.2 Å². The molecule has 0 fully saturated rings. The molecule has 0 aliphatic heterocycles. The van der Waals surface area contributed by atoms with Crippen molar-refractivity contribution >= 4 is 39.8 Å². The van der Waals surface area contributed by atoms with Crippen LogP contribution in [0, 0.1) is 0 Å². The van der Waals surface area contributed by atoms with Gasteiger partial charge in [0.2, 0.25) is 5.13 Å². The van der Waals surface area contributed by atoms with Crippen LogP contribution in [0.1, 0.15) is 11.3 Å². The average Bonchev–Trinajstić information content (AvgIpc) is 3.18. The van der Waals surface area contributed by atoms with E-state index in [-0.39, 0.29) is 0 Å². The second kappa shape index (κ2) is 7.67. The Morgan fingerprint density at radius 2 is 2.09 bits per heavy atom. The van der Waals surface area contributed by atoms with E-state index in [2.05, 4.69) is 21.6 Å². The number of anilines is 1. The predicted molar refractivity (Wildman–Crippen MR) is 91.8 cm³/mol. The molecule has 7 heteroatoms. The Balaban J connectivity index is 1.46. The highest BCUT2D eigenvalue weighted by molar-refractivity contribution is 8.01. The highest BCUT2D eigenvalue weighted by Crippen LogP contribution is 2.27. The van der Waals surface area contributed by atoms with Crippen molar-refractivity contribution in [2.24, 2.45) is 0 Å². The van der Waals surface area contributed by atoms with Gasteiger partial charge in [-0.15, -0.1) is 10.2 Å². The summed E-state index contributed by atoms with van der Waals surface area (Å²) in [5, 5.41) is 13.1. The fourth-order valence-corrected chi connectivity index (χ4v) is 3.89. The van der Waals surface area contributed by atoms with Crippen molar-refractivity contribution in [3.8, 4) is 0 Å². The maximum absolute atomic E-state index is 6.15. The molecular formula is C15H14ClN3OS2. The van der Waals surface area contributed by atoms with Gasteiger partial charge in [0.15, 0.2) is 4.34 Å². The molecule has 1 N–H and O–H groups in total. The zero-order valence-electron chi connectivity index (χ0n) is 11.7. The molecule has 0 spiro atoms. The summed E-state index contributed by atoms with van der Waals surface area (Å²) in [6.07, 6.45) is 2.58. The van der Waals surface area contributed by atoms with Gasteiger partial charge in [-0.2, -0.15) is 0 Å². The lowest BCUT2D eigenvalue weighted by Gasteiger charge is -2.01. The Morgan fingerprint density at radius 1 is 1.18 bits per heavy atom. The zero-order valence-corrected chi connectivity index (χ0v) is 14.0.